The molecule has 3 aromatic rings. The summed E-state index contributed by atoms with van der Waals surface area (Å²) in [7, 11) is 0. The number of rotatable bonds is 4. The lowest BCUT2D eigenvalue weighted by molar-refractivity contribution is -0.136. The summed E-state index contributed by atoms with van der Waals surface area (Å²) in [5.74, 6) is -1.33. The van der Waals surface area contributed by atoms with Gasteiger partial charge in [0.1, 0.15) is 17.4 Å². The molecule has 1 unspecified atom stereocenters. The number of piperidine rings is 1. The van der Waals surface area contributed by atoms with Crippen LogP contribution in [0.3, 0.4) is 0 Å². The van der Waals surface area contributed by atoms with Crippen LogP contribution in [0.4, 0.5) is 14.9 Å². The summed E-state index contributed by atoms with van der Waals surface area (Å²) < 4.78 is 14.3. The molecule has 4 rings (SSSR count). The number of hydrogen-bond acceptors (Lipinski definition) is 6. The van der Waals surface area contributed by atoms with Crippen molar-refractivity contribution in [3.05, 3.63) is 63.7 Å². The van der Waals surface area contributed by atoms with Crippen molar-refractivity contribution >= 4 is 34.4 Å². The molecule has 2 heterocycles. The van der Waals surface area contributed by atoms with Gasteiger partial charge >= 0.3 is 6.03 Å². The van der Waals surface area contributed by atoms with Gasteiger partial charge in [-0.2, -0.15) is 4.68 Å². The van der Waals surface area contributed by atoms with Gasteiger partial charge in [0.05, 0.1) is 5.39 Å². The van der Waals surface area contributed by atoms with Crippen LogP contribution in [0, 0.1) is 12.7 Å². The second-order valence-electron chi connectivity index (χ2n) is 7.43. The van der Waals surface area contributed by atoms with E-state index in [4.69, 9.17) is 0 Å². The van der Waals surface area contributed by atoms with Gasteiger partial charge in [0.2, 0.25) is 5.91 Å². The Balaban J connectivity index is 1.46. The Labute approximate surface area is 180 Å². The Morgan fingerprint density at radius 2 is 2.03 bits per heavy atom. The van der Waals surface area contributed by atoms with Gasteiger partial charge in [-0.3, -0.25) is 19.7 Å². The van der Waals surface area contributed by atoms with Crippen molar-refractivity contribution in [1.29, 1.82) is 0 Å². The van der Waals surface area contributed by atoms with Crippen LogP contribution in [0.5, 0.6) is 0 Å². The maximum Gasteiger partial charge on any atom is 0.319 e. The molecule has 1 atom stereocenters. The first kappa shape index (κ1) is 21.1. The number of anilines is 1. The standard InChI is InChI=1S/C21H19FN6O4/c1-11-8-13(3-5-15(11)22)24-21(32)23-10-12-2-4-14-16(9-12)26-27-28(20(14)31)17-6-7-18(29)25-19(17)30/h2-5,8-9,17H,6-7,10H2,1H3,(H2,23,24,32)(H,25,29,30). The minimum Gasteiger partial charge on any atom is -0.334 e. The first-order chi connectivity index (χ1) is 15.3. The second kappa shape index (κ2) is 8.53. The molecule has 3 N–H and O–H groups in total. The maximum atomic E-state index is 13.3. The highest BCUT2D eigenvalue weighted by Crippen LogP contribution is 2.17. The molecular weight excluding hydrogens is 419 g/mol. The minimum atomic E-state index is -0.891. The number of nitrogens with one attached hydrogen (secondary N) is 3. The van der Waals surface area contributed by atoms with Gasteiger partial charge in [-0.25, -0.2) is 9.18 Å². The van der Waals surface area contributed by atoms with E-state index in [1.165, 1.54) is 18.2 Å². The Kier molecular flexibility index (Phi) is 5.63. The Morgan fingerprint density at radius 1 is 1.22 bits per heavy atom. The number of carbonyl (C=O) groups is 3. The van der Waals surface area contributed by atoms with E-state index in [0.29, 0.717) is 22.3 Å². The average molecular weight is 438 g/mol. The van der Waals surface area contributed by atoms with Crippen molar-refractivity contribution in [3.63, 3.8) is 0 Å². The summed E-state index contributed by atoms with van der Waals surface area (Å²) >= 11 is 0. The van der Waals surface area contributed by atoms with Crippen LogP contribution in [-0.4, -0.2) is 32.8 Å². The normalized spacial score (nSPS) is 16.0. The molecule has 1 saturated heterocycles. The van der Waals surface area contributed by atoms with Gasteiger partial charge in [0, 0.05) is 18.7 Å². The number of benzene rings is 2. The van der Waals surface area contributed by atoms with Crippen LogP contribution >= 0.6 is 0 Å². The van der Waals surface area contributed by atoms with E-state index in [1.807, 2.05) is 0 Å². The van der Waals surface area contributed by atoms with E-state index in [1.54, 1.807) is 25.1 Å². The Hall–Kier alpha value is -4.15. The molecule has 0 bridgehead atoms. The summed E-state index contributed by atoms with van der Waals surface area (Å²) in [6.07, 6.45) is 0.294. The summed E-state index contributed by atoms with van der Waals surface area (Å²) in [5, 5.41) is 15.6. The fourth-order valence-electron chi connectivity index (χ4n) is 3.41. The molecule has 1 aliphatic heterocycles. The molecular formula is C21H19FN6O4. The molecule has 11 heteroatoms. The number of hydrogen-bond donors (Lipinski definition) is 3. The molecule has 32 heavy (non-hydrogen) atoms. The minimum absolute atomic E-state index is 0.118. The summed E-state index contributed by atoms with van der Waals surface area (Å²) in [6.45, 7) is 1.75. The molecule has 164 valence electrons. The highest BCUT2D eigenvalue weighted by atomic mass is 19.1. The molecule has 0 spiro atoms. The van der Waals surface area contributed by atoms with E-state index in [-0.39, 0.29) is 36.5 Å². The van der Waals surface area contributed by atoms with Crippen molar-refractivity contribution in [2.75, 3.05) is 5.32 Å². The molecule has 1 fully saturated rings. The fourth-order valence-corrected chi connectivity index (χ4v) is 3.41. The van der Waals surface area contributed by atoms with Crippen molar-refractivity contribution in [3.8, 4) is 0 Å². The fraction of sp³-hybridized carbons (Fsp3) is 0.238. The van der Waals surface area contributed by atoms with E-state index < -0.39 is 23.5 Å². The van der Waals surface area contributed by atoms with Gasteiger partial charge in [0.15, 0.2) is 0 Å². The smallest absolute Gasteiger partial charge is 0.319 e. The van der Waals surface area contributed by atoms with E-state index >= 15 is 0 Å². The summed E-state index contributed by atoms with van der Waals surface area (Å²) in [6, 6.07) is 7.70. The molecule has 0 radical (unpaired) electrons. The van der Waals surface area contributed by atoms with Crippen LogP contribution in [0.25, 0.3) is 10.9 Å². The first-order valence-corrected chi connectivity index (χ1v) is 9.84. The molecule has 4 amide bonds. The number of amides is 4. The van der Waals surface area contributed by atoms with Gasteiger partial charge in [0.25, 0.3) is 11.5 Å². The van der Waals surface area contributed by atoms with Gasteiger partial charge in [-0.1, -0.05) is 11.3 Å². The summed E-state index contributed by atoms with van der Waals surface area (Å²) in [4.78, 5) is 48.2. The van der Waals surface area contributed by atoms with Crippen LogP contribution in [0.15, 0.2) is 41.2 Å². The van der Waals surface area contributed by atoms with E-state index in [2.05, 4.69) is 26.3 Å². The SMILES string of the molecule is Cc1cc(NC(=O)NCc2ccc3c(=O)n(C4CCC(=O)NC4=O)nnc3c2)ccc1F. The van der Waals surface area contributed by atoms with Crippen LogP contribution in [0.2, 0.25) is 0 Å². The van der Waals surface area contributed by atoms with Crippen molar-refractivity contribution in [1.82, 2.24) is 25.6 Å². The maximum absolute atomic E-state index is 13.3. The first-order valence-electron chi connectivity index (χ1n) is 9.84. The second-order valence-corrected chi connectivity index (χ2v) is 7.43. The average Bonchev–Trinajstić information content (AvgIpc) is 2.76. The number of halogens is 1. The van der Waals surface area contributed by atoms with Crippen molar-refractivity contribution in [2.24, 2.45) is 0 Å². The topological polar surface area (TPSA) is 135 Å². The van der Waals surface area contributed by atoms with Crippen LogP contribution < -0.4 is 21.5 Å². The lowest BCUT2D eigenvalue weighted by Crippen LogP contribution is -2.45. The third kappa shape index (κ3) is 4.31. The number of urea groups is 1. The number of aromatic nitrogens is 3. The van der Waals surface area contributed by atoms with Gasteiger partial charge in [-0.05, 0) is 54.8 Å². The van der Waals surface area contributed by atoms with Gasteiger partial charge in [-0.15, -0.1) is 5.10 Å². The zero-order valence-electron chi connectivity index (χ0n) is 17.0. The molecule has 0 saturated carbocycles. The number of fused-ring (bicyclic) bond motifs is 1. The van der Waals surface area contributed by atoms with E-state index in [0.717, 1.165) is 4.68 Å². The third-order valence-electron chi connectivity index (χ3n) is 5.12. The third-order valence-corrected chi connectivity index (χ3v) is 5.12. The predicted octanol–water partition coefficient (Wildman–Crippen LogP) is 1.54. The highest BCUT2D eigenvalue weighted by molar-refractivity contribution is 5.99. The molecule has 1 aliphatic rings. The van der Waals surface area contributed by atoms with Gasteiger partial charge < -0.3 is 10.6 Å². The predicted molar refractivity (Wildman–Crippen MR) is 112 cm³/mol. The van der Waals surface area contributed by atoms with Crippen molar-refractivity contribution < 1.29 is 18.8 Å². The largest absolute Gasteiger partial charge is 0.334 e. The van der Waals surface area contributed by atoms with Crippen molar-refractivity contribution in [2.45, 2.75) is 32.4 Å². The lowest BCUT2D eigenvalue weighted by Gasteiger charge is -2.21. The highest BCUT2D eigenvalue weighted by Gasteiger charge is 2.30. The molecule has 10 nitrogen and oxygen atoms in total. The van der Waals surface area contributed by atoms with E-state index in [9.17, 15) is 23.6 Å². The summed E-state index contributed by atoms with van der Waals surface area (Å²) in [5.41, 5.74) is 1.37. The zero-order valence-corrected chi connectivity index (χ0v) is 17.0. The Morgan fingerprint density at radius 3 is 2.78 bits per heavy atom. The van der Waals surface area contributed by atoms with Crippen LogP contribution in [-0.2, 0) is 16.1 Å². The number of nitrogens with zero attached hydrogens (tertiary/aromatic N) is 3. The zero-order chi connectivity index (χ0) is 22.8. The molecule has 1 aromatic heterocycles. The number of aryl methyl sites for hydroxylation is 1. The van der Waals surface area contributed by atoms with Crippen LogP contribution in [0.1, 0.15) is 30.0 Å². The molecule has 2 aromatic carbocycles. The Bertz CT molecular complexity index is 1310. The molecule has 0 aliphatic carbocycles. The number of carbonyl (C=O) groups excluding carboxylic acids is 3. The quantitative estimate of drug-likeness (QED) is 0.529. The number of imide groups is 1. The monoisotopic (exact) mass is 438 g/mol. The lowest BCUT2D eigenvalue weighted by atomic mass is 10.1.